The van der Waals surface area contributed by atoms with Gasteiger partial charge in [-0.25, -0.2) is 18.8 Å². The number of aliphatic hydroxyl groups is 2. The van der Waals surface area contributed by atoms with Gasteiger partial charge in [0.25, 0.3) is 11.5 Å². The number of nitrogens with two attached hydrogens (primary N) is 1. The third-order valence-electron chi connectivity index (χ3n) is 6.40. The normalized spacial score (nSPS) is 24.4. The first-order chi connectivity index (χ1) is 18.8. The highest BCUT2D eigenvalue weighted by molar-refractivity contribution is 7.62. The van der Waals surface area contributed by atoms with Crippen molar-refractivity contribution >= 4 is 43.6 Å². The van der Waals surface area contributed by atoms with Crippen LogP contribution in [0, 0.1) is 0 Å². The lowest BCUT2D eigenvalue weighted by Crippen LogP contribution is -2.46. The third kappa shape index (κ3) is 5.75. The molecule has 0 spiro atoms. The predicted octanol–water partition coefficient (Wildman–Crippen LogP) is -0.702. The van der Waals surface area contributed by atoms with Gasteiger partial charge < -0.3 is 35.5 Å². The first-order valence-corrected chi connectivity index (χ1v) is 15.0. The first kappa shape index (κ1) is 28.6. The van der Waals surface area contributed by atoms with Gasteiger partial charge >= 0.3 is 21.2 Å². The zero-order chi connectivity index (χ0) is 28.8. The van der Waals surface area contributed by atoms with Gasteiger partial charge in [0, 0.05) is 23.6 Å². The van der Waals surface area contributed by atoms with Crippen molar-refractivity contribution in [3.63, 3.8) is 0 Å². The molecule has 19 heteroatoms. The molecular formula is C21H28N7O10P2+. The second-order valence-corrected chi connectivity index (χ2v) is 12.4. The van der Waals surface area contributed by atoms with Crippen LogP contribution in [0.5, 0.6) is 0 Å². The zero-order valence-electron chi connectivity index (χ0n) is 20.9. The number of aliphatic hydroxyl groups excluding tert-OH is 2. The van der Waals surface area contributed by atoms with Crippen LogP contribution in [0.1, 0.15) is 11.8 Å². The highest BCUT2D eigenvalue weighted by Crippen LogP contribution is 2.57. The van der Waals surface area contributed by atoms with Crippen LogP contribution in [0.15, 0.2) is 41.6 Å². The van der Waals surface area contributed by atoms with Gasteiger partial charge in [-0.05, 0) is 18.1 Å². The number of aromatic amines is 2. The average molecular weight is 600 g/mol. The fourth-order valence-electron chi connectivity index (χ4n) is 4.58. The van der Waals surface area contributed by atoms with Gasteiger partial charge in [-0.3, -0.25) is 18.9 Å². The highest BCUT2D eigenvalue weighted by Gasteiger charge is 2.48. The molecule has 1 aliphatic rings. The minimum atomic E-state index is -5.13. The summed E-state index contributed by atoms with van der Waals surface area (Å²) in [5.41, 5.74) is 7.01. The Morgan fingerprint density at radius 1 is 1.25 bits per heavy atom. The number of phosphoric acid groups is 1. The Morgan fingerprint density at radius 2 is 2.00 bits per heavy atom. The number of rotatable bonds is 10. The van der Waals surface area contributed by atoms with Crippen LogP contribution in [0.4, 0.5) is 5.95 Å². The topological polar surface area (TPSA) is 251 Å². The maximum Gasteiger partial charge on any atom is 0.480 e. The second kappa shape index (κ2) is 10.8. The van der Waals surface area contributed by atoms with Crippen molar-refractivity contribution in [1.82, 2.24) is 24.6 Å². The maximum atomic E-state index is 12.4. The fraction of sp³-hybridized carbons (Fsp3) is 0.381. The van der Waals surface area contributed by atoms with Gasteiger partial charge in [-0.15, -0.1) is 0 Å². The van der Waals surface area contributed by atoms with Crippen LogP contribution < -0.4 is 20.9 Å². The molecule has 4 heterocycles. The Hall–Kier alpha value is -2.95. The molecule has 1 saturated heterocycles. The lowest BCUT2D eigenvalue weighted by Gasteiger charge is -2.19. The van der Waals surface area contributed by atoms with Gasteiger partial charge in [0.05, 0.1) is 13.7 Å². The molecule has 4 aromatic rings. The minimum Gasteiger partial charge on any atom is -0.387 e. The standard InChI is InChI=1S/C21H27N7O10P2/c1-27-10-28(18-15(27)19(31)26-21(22)25-18)20-17(30)16(29)14(37-20)9-36-40(34,35)38-39(32,33)24-7-6-11-8-23-13-5-3-2-4-12(11)13/h2-5,8,10,14,16-17,20,23,29-30H,6-7,9H2,1H3,(H5-,22,24,25,26,31,32,33,34,35)/p+1/t14-,16-,17-,20-/m1/s1. The number of H-pyrrole nitrogens is 2. The Bertz CT molecular complexity index is 1700. The van der Waals surface area contributed by atoms with E-state index in [1.807, 2.05) is 24.3 Å². The molecule has 0 radical (unpaired) electrons. The molecule has 0 aliphatic carbocycles. The molecule has 9 N–H and O–H groups in total. The van der Waals surface area contributed by atoms with Crippen molar-refractivity contribution in [1.29, 1.82) is 0 Å². The summed E-state index contributed by atoms with van der Waals surface area (Å²) >= 11 is 0. The van der Waals surface area contributed by atoms with Gasteiger partial charge in [0.2, 0.25) is 11.7 Å². The van der Waals surface area contributed by atoms with Crippen molar-refractivity contribution in [3.05, 3.63) is 52.7 Å². The number of phosphoric ester groups is 1. The van der Waals surface area contributed by atoms with Crippen LogP contribution in [0.25, 0.3) is 22.1 Å². The summed E-state index contributed by atoms with van der Waals surface area (Å²) in [7, 11) is -8.37. The average Bonchev–Trinajstić information content (AvgIpc) is 3.51. The Balaban J connectivity index is 1.19. The molecular weight excluding hydrogens is 572 g/mol. The van der Waals surface area contributed by atoms with E-state index in [2.05, 4.69) is 24.3 Å². The van der Waals surface area contributed by atoms with Crippen molar-refractivity contribution in [2.75, 3.05) is 18.9 Å². The zero-order valence-corrected chi connectivity index (χ0v) is 22.7. The molecule has 1 aliphatic heterocycles. The van der Waals surface area contributed by atoms with Crippen LogP contribution >= 0.6 is 15.6 Å². The molecule has 0 bridgehead atoms. The largest absolute Gasteiger partial charge is 0.480 e. The van der Waals surface area contributed by atoms with Gasteiger partial charge in [0.15, 0.2) is 6.33 Å². The minimum absolute atomic E-state index is 0.0534. The summed E-state index contributed by atoms with van der Waals surface area (Å²) in [6.45, 7) is -0.850. The number of hydrogen-bond donors (Lipinski definition) is 8. The number of hydrogen-bond acceptors (Lipinski definition) is 10. The fourth-order valence-corrected chi connectivity index (χ4v) is 6.85. The lowest BCUT2D eigenvalue weighted by molar-refractivity contribution is -0.745. The number of aryl methyl sites for hydroxylation is 1. The van der Waals surface area contributed by atoms with E-state index in [1.165, 1.54) is 15.5 Å². The number of aromatic nitrogens is 5. The number of fused-ring (bicyclic) bond motifs is 2. The van der Waals surface area contributed by atoms with E-state index >= 15 is 0 Å². The van der Waals surface area contributed by atoms with E-state index < -0.39 is 52.3 Å². The summed E-state index contributed by atoms with van der Waals surface area (Å²) < 4.78 is 42.4. The summed E-state index contributed by atoms with van der Waals surface area (Å²) in [5.74, 6) is -0.188. The van der Waals surface area contributed by atoms with E-state index in [1.54, 1.807) is 13.2 Å². The van der Waals surface area contributed by atoms with E-state index in [0.29, 0.717) is 6.42 Å². The van der Waals surface area contributed by atoms with Gasteiger partial charge in [0.1, 0.15) is 18.3 Å². The highest BCUT2D eigenvalue weighted by atomic mass is 31.3. The quantitative estimate of drug-likeness (QED) is 0.0829. The molecule has 6 atom stereocenters. The Kier molecular flexibility index (Phi) is 7.71. The molecule has 0 amide bonds. The number of ether oxygens (including phenoxy) is 1. The number of anilines is 1. The maximum absolute atomic E-state index is 12.4. The number of imidazole rings is 1. The van der Waals surface area contributed by atoms with Crippen molar-refractivity contribution < 1.29 is 47.3 Å². The predicted molar refractivity (Wildman–Crippen MR) is 139 cm³/mol. The van der Waals surface area contributed by atoms with E-state index in [4.69, 9.17) is 15.0 Å². The molecule has 1 aromatic carbocycles. The van der Waals surface area contributed by atoms with Crippen LogP contribution in [-0.2, 0) is 36.2 Å². The molecule has 3 aromatic heterocycles. The number of nitrogens with one attached hydrogen (secondary N) is 3. The van der Waals surface area contributed by atoms with Crippen LogP contribution in [-0.4, -0.2) is 71.0 Å². The first-order valence-electron chi connectivity index (χ1n) is 11.9. The summed E-state index contributed by atoms with van der Waals surface area (Å²) in [4.78, 5) is 41.8. The monoisotopic (exact) mass is 600 g/mol. The van der Waals surface area contributed by atoms with Crippen molar-refractivity contribution in [2.24, 2.45) is 7.05 Å². The van der Waals surface area contributed by atoms with Crippen molar-refractivity contribution in [2.45, 2.75) is 31.0 Å². The summed E-state index contributed by atoms with van der Waals surface area (Å²) in [5, 5.41) is 24.2. The number of nitrogens with zero attached hydrogens (tertiary/aromatic N) is 3. The van der Waals surface area contributed by atoms with Crippen LogP contribution in [0.3, 0.4) is 0 Å². The summed E-state index contributed by atoms with van der Waals surface area (Å²) in [6, 6.07) is 7.49. The molecule has 17 nitrogen and oxygen atoms in total. The number of nitrogen functional groups attached to an aromatic ring is 1. The number of para-hydroxylation sites is 1. The molecule has 1 fully saturated rings. The smallest absolute Gasteiger partial charge is 0.387 e. The SMILES string of the molecule is Cn1c[n+]([C@@H]2O[C@H](COP(=O)(O)OP(=O)(O)NCCc3c[nH]c4ccccc34)[C@@H](O)[C@H]2O)c2nc(N)[nH]c(=O)c21. The summed E-state index contributed by atoms with van der Waals surface area (Å²) in [6.07, 6.45) is -2.37. The van der Waals surface area contributed by atoms with Gasteiger partial charge in [-0.2, -0.15) is 4.31 Å². The number of benzene rings is 1. The lowest BCUT2D eigenvalue weighted by atomic mass is 10.1. The molecule has 0 saturated carbocycles. The van der Waals surface area contributed by atoms with E-state index in [0.717, 1.165) is 16.5 Å². The molecule has 216 valence electrons. The molecule has 2 unspecified atom stereocenters. The van der Waals surface area contributed by atoms with E-state index in [9.17, 15) is 33.9 Å². The Labute approximate surface area is 225 Å². The Morgan fingerprint density at radius 3 is 2.77 bits per heavy atom. The van der Waals surface area contributed by atoms with E-state index in [-0.39, 0.29) is 23.7 Å². The van der Waals surface area contributed by atoms with Crippen molar-refractivity contribution in [3.8, 4) is 0 Å². The van der Waals surface area contributed by atoms with Gasteiger partial charge in [-0.1, -0.05) is 23.2 Å². The molecule has 40 heavy (non-hydrogen) atoms. The van der Waals surface area contributed by atoms with Crippen LogP contribution in [0.2, 0.25) is 0 Å². The second-order valence-electron chi connectivity index (χ2n) is 9.19. The molecule has 5 rings (SSSR count). The third-order valence-corrected chi connectivity index (χ3v) is 9.21.